The van der Waals surface area contributed by atoms with E-state index < -0.39 is 29.2 Å². The predicted octanol–water partition coefficient (Wildman–Crippen LogP) is 3.16. The molecule has 0 bridgehead atoms. The van der Waals surface area contributed by atoms with Crippen molar-refractivity contribution in [3.8, 4) is 0 Å². The first-order valence-corrected chi connectivity index (χ1v) is 7.60. The SMILES string of the molecule is CCc1nc2c(Cl)cc(C(F)(F)F)cn2c1C(=O)NC(C)(C)C(=O)O. The number of alkyl halides is 3. The van der Waals surface area contributed by atoms with E-state index in [9.17, 15) is 22.8 Å². The second kappa shape index (κ2) is 6.21. The normalized spacial score (nSPS) is 12.4. The molecule has 2 aromatic heterocycles. The Hall–Kier alpha value is -2.29. The molecule has 0 saturated heterocycles. The quantitative estimate of drug-likeness (QED) is 0.857. The van der Waals surface area contributed by atoms with Gasteiger partial charge in [0.15, 0.2) is 5.65 Å². The van der Waals surface area contributed by atoms with Gasteiger partial charge in [0.05, 0.1) is 16.3 Å². The van der Waals surface area contributed by atoms with E-state index in [0.717, 1.165) is 16.7 Å². The summed E-state index contributed by atoms with van der Waals surface area (Å²) >= 11 is 5.89. The molecule has 0 aliphatic rings. The zero-order valence-corrected chi connectivity index (χ0v) is 14.3. The fourth-order valence-corrected chi connectivity index (χ4v) is 2.44. The van der Waals surface area contributed by atoms with Crippen molar-refractivity contribution in [2.24, 2.45) is 0 Å². The Morgan fingerprint density at radius 2 is 1.96 bits per heavy atom. The van der Waals surface area contributed by atoms with Gasteiger partial charge in [-0.3, -0.25) is 9.20 Å². The summed E-state index contributed by atoms with van der Waals surface area (Å²) in [5.74, 6) is -2.14. The third kappa shape index (κ3) is 3.55. The zero-order valence-electron chi connectivity index (χ0n) is 13.5. The molecule has 10 heteroatoms. The van der Waals surface area contributed by atoms with Crippen LogP contribution in [-0.4, -0.2) is 31.9 Å². The zero-order chi connectivity index (χ0) is 19.2. The lowest BCUT2D eigenvalue weighted by atomic mass is 10.1. The molecule has 2 rings (SSSR count). The first-order valence-electron chi connectivity index (χ1n) is 7.22. The Labute approximate surface area is 145 Å². The van der Waals surface area contributed by atoms with E-state index in [2.05, 4.69) is 10.3 Å². The molecule has 1 amide bonds. The maximum absolute atomic E-state index is 13.0. The molecule has 6 nitrogen and oxygen atoms in total. The van der Waals surface area contributed by atoms with Crippen LogP contribution in [0, 0.1) is 0 Å². The minimum atomic E-state index is -4.66. The van der Waals surface area contributed by atoms with Gasteiger partial charge in [0.1, 0.15) is 11.2 Å². The van der Waals surface area contributed by atoms with E-state index in [4.69, 9.17) is 16.7 Å². The van der Waals surface area contributed by atoms with E-state index in [-0.39, 0.29) is 28.5 Å². The third-order valence-corrected chi connectivity index (χ3v) is 3.86. The van der Waals surface area contributed by atoms with Crippen molar-refractivity contribution in [2.45, 2.75) is 38.9 Å². The Morgan fingerprint density at radius 3 is 2.44 bits per heavy atom. The highest BCUT2D eigenvalue weighted by atomic mass is 35.5. The van der Waals surface area contributed by atoms with Gasteiger partial charge in [0.2, 0.25) is 0 Å². The second-order valence-electron chi connectivity index (χ2n) is 5.91. The monoisotopic (exact) mass is 377 g/mol. The van der Waals surface area contributed by atoms with E-state index in [1.807, 2.05) is 0 Å². The fourth-order valence-electron chi connectivity index (χ4n) is 2.19. The van der Waals surface area contributed by atoms with Crippen LogP contribution in [0.15, 0.2) is 12.3 Å². The highest BCUT2D eigenvalue weighted by Crippen LogP contribution is 2.33. The second-order valence-corrected chi connectivity index (χ2v) is 6.32. The third-order valence-electron chi connectivity index (χ3n) is 3.59. The Balaban J connectivity index is 2.67. The Morgan fingerprint density at radius 1 is 1.36 bits per heavy atom. The average Bonchev–Trinajstić information content (AvgIpc) is 2.84. The molecule has 25 heavy (non-hydrogen) atoms. The summed E-state index contributed by atoms with van der Waals surface area (Å²) < 4.78 is 40.0. The maximum atomic E-state index is 13.0. The van der Waals surface area contributed by atoms with E-state index in [1.165, 1.54) is 13.8 Å². The number of nitrogens with one attached hydrogen (secondary N) is 1. The summed E-state index contributed by atoms with van der Waals surface area (Å²) in [4.78, 5) is 27.8. The van der Waals surface area contributed by atoms with Crippen molar-refractivity contribution in [2.75, 3.05) is 0 Å². The van der Waals surface area contributed by atoms with Gasteiger partial charge in [0, 0.05) is 6.20 Å². The first kappa shape index (κ1) is 19.0. The molecular weight excluding hydrogens is 363 g/mol. The molecule has 0 spiro atoms. The Bertz CT molecular complexity index is 859. The van der Waals surface area contributed by atoms with E-state index in [1.54, 1.807) is 6.92 Å². The minimum absolute atomic E-state index is 0.00945. The molecule has 0 aliphatic carbocycles. The van der Waals surface area contributed by atoms with Crippen molar-refractivity contribution in [3.63, 3.8) is 0 Å². The summed E-state index contributed by atoms with van der Waals surface area (Å²) in [7, 11) is 0. The van der Waals surface area contributed by atoms with Crippen LogP contribution >= 0.6 is 11.6 Å². The number of fused-ring (bicyclic) bond motifs is 1. The minimum Gasteiger partial charge on any atom is -0.480 e. The van der Waals surface area contributed by atoms with Crippen LogP contribution in [0.2, 0.25) is 5.02 Å². The van der Waals surface area contributed by atoms with Gasteiger partial charge < -0.3 is 10.4 Å². The number of aliphatic carboxylic acids is 1. The molecular formula is C15H15ClF3N3O3. The van der Waals surface area contributed by atoms with Crippen molar-refractivity contribution in [3.05, 3.63) is 34.2 Å². The van der Waals surface area contributed by atoms with Crippen LogP contribution < -0.4 is 5.32 Å². The number of carbonyl (C=O) groups excluding carboxylic acids is 1. The van der Waals surface area contributed by atoms with Crippen LogP contribution in [0.5, 0.6) is 0 Å². The molecule has 0 unspecified atom stereocenters. The number of carbonyl (C=O) groups is 2. The number of hydrogen-bond acceptors (Lipinski definition) is 3. The van der Waals surface area contributed by atoms with Gasteiger partial charge in [-0.1, -0.05) is 18.5 Å². The lowest BCUT2D eigenvalue weighted by molar-refractivity contribution is -0.143. The lowest BCUT2D eigenvalue weighted by Crippen LogP contribution is -2.50. The molecule has 2 aromatic rings. The average molecular weight is 378 g/mol. The highest BCUT2D eigenvalue weighted by molar-refractivity contribution is 6.33. The molecule has 2 heterocycles. The number of hydrogen-bond donors (Lipinski definition) is 2. The molecule has 136 valence electrons. The molecule has 0 fully saturated rings. The number of aromatic nitrogens is 2. The molecule has 0 saturated carbocycles. The maximum Gasteiger partial charge on any atom is 0.417 e. The number of nitrogens with zero attached hydrogens (tertiary/aromatic N) is 2. The van der Waals surface area contributed by atoms with Crippen molar-refractivity contribution in [1.29, 1.82) is 0 Å². The fraction of sp³-hybridized carbons (Fsp3) is 0.400. The smallest absolute Gasteiger partial charge is 0.417 e. The van der Waals surface area contributed by atoms with Gasteiger partial charge in [0.25, 0.3) is 5.91 Å². The van der Waals surface area contributed by atoms with Gasteiger partial charge in [-0.2, -0.15) is 13.2 Å². The van der Waals surface area contributed by atoms with Crippen LogP contribution in [0.3, 0.4) is 0 Å². The molecule has 0 radical (unpaired) electrons. The van der Waals surface area contributed by atoms with Gasteiger partial charge in [-0.05, 0) is 26.3 Å². The number of carboxylic acids is 1. The number of rotatable bonds is 4. The van der Waals surface area contributed by atoms with Gasteiger partial charge >= 0.3 is 12.1 Å². The summed E-state index contributed by atoms with van der Waals surface area (Å²) in [5.41, 5.74) is -2.64. The topological polar surface area (TPSA) is 83.7 Å². The van der Waals surface area contributed by atoms with E-state index >= 15 is 0 Å². The number of imidazole rings is 1. The first-order chi connectivity index (χ1) is 11.4. The number of pyridine rings is 1. The van der Waals surface area contributed by atoms with Crippen molar-refractivity contribution in [1.82, 2.24) is 14.7 Å². The number of halogens is 4. The molecule has 2 N–H and O–H groups in total. The van der Waals surface area contributed by atoms with Gasteiger partial charge in [-0.15, -0.1) is 0 Å². The summed E-state index contributed by atoms with van der Waals surface area (Å²) in [6.07, 6.45) is -3.70. The molecule has 0 aromatic carbocycles. The largest absolute Gasteiger partial charge is 0.480 e. The van der Waals surface area contributed by atoms with Crippen LogP contribution in [0.25, 0.3) is 5.65 Å². The number of amides is 1. The Kier molecular flexibility index (Phi) is 4.73. The predicted molar refractivity (Wildman–Crippen MR) is 83.8 cm³/mol. The number of carboxylic acid groups (broad SMARTS) is 1. The summed E-state index contributed by atoms with van der Waals surface area (Å²) in [5, 5.41) is 11.1. The highest BCUT2D eigenvalue weighted by Gasteiger charge is 2.34. The van der Waals surface area contributed by atoms with Crippen LogP contribution in [0.4, 0.5) is 13.2 Å². The number of aryl methyl sites for hydroxylation is 1. The van der Waals surface area contributed by atoms with Crippen LogP contribution in [0.1, 0.15) is 42.5 Å². The summed E-state index contributed by atoms with van der Waals surface area (Å²) in [6, 6.07) is 0.728. The van der Waals surface area contributed by atoms with Crippen molar-refractivity contribution < 1.29 is 27.9 Å². The van der Waals surface area contributed by atoms with Gasteiger partial charge in [-0.25, -0.2) is 9.78 Å². The van der Waals surface area contributed by atoms with E-state index in [0.29, 0.717) is 0 Å². The molecule has 0 aliphatic heterocycles. The molecule has 0 atom stereocenters. The van der Waals surface area contributed by atoms with Crippen LogP contribution in [-0.2, 0) is 17.4 Å². The van der Waals surface area contributed by atoms with Crippen molar-refractivity contribution >= 4 is 29.1 Å². The lowest BCUT2D eigenvalue weighted by Gasteiger charge is -2.21. The standard InChI is InChI=1S/C15H15ClF3N3O3/c1-4-9-10(12(23)21-14(2,3)13(24)25)22-6-7(15(17,18)19)5-8(16)11(22)20-9/h5-6H,4H2,1-3H3,(H,21,23)(H,24,25). The summed E-state index contributed by atoms with van der Waals surface area (Å²) in [6.45, 7) is 4.19.